The number of fused-ring (bicyclic) bond motifs is 5. The normalized spacial score (nSPS) is 44.3. The van der Waals surface area contributed by atoms with Gasteiger partial charge in [-0.25, -0.2) is 0 Å². The Morgan fingerprint density at radius 3 is 2.68 bits per heavy atom. The van der Waals surface area contributed by atoms with Crippen LogP contribution in [0.3, 0.4) is 0 Å². The molecule has 0 spiro atoms. The number of nitrogens with one attached hydrogen (secondary N) is 1. The molecule has 3 saturated carbocycles. The second-order valence-corrected chi connectivity index (χ2v) is 11.9. The number of allylic oxidation sites excluding steroid dienone is 1. The molecule has 0 aliphatic heterocycles. The van der Waals surface area contributed by atoms with E-state index >= 15 is 0 Å². The summed E-state index contributed by atoms with van der Waals surface area (Å²) < 4.78 is 0. The Kier molecular flexibility index (Phi) is 5.77. The fourth-order valence-corrected chi connectivity index (χ4v) is 8.27. The predicted octanol–water partition coefficient (Wildman–Crippen LogP) is 5.95. The van der Waals surface area contributed by atoms with Gasteiger partial charge in [0.05, 0.1) is 5.60 Å². The molecule has 160 valence electrons. The lowest BCUT2D eigenvalue weighted by molar-refractivity contribution is -0.0283. The summed E-state index contributed by atoms with van der Waals surface area (Å²) >= 11 is 0. The third-order valence-corrected chi connectivity index (χ3v) is 9.83. The van der Waals surface area contributed by atoms with Crippen molar-refractivity contribution in [2.45, 2.75) is 104 Å². The van der Waals surface area contributed by atoms with E-state index in [1.807, 2.05) is 19.4 Å². The summed E-state index contributed by atoms with van der Waals surface area (Å²) in [5.41, 5.74) is 1.85. The van der Waals surface area contributed by atoms with Crippen LogP contribution in [-0.2, 0) is 0 Å². The van der Waals surface area contributed by atoms with Crippen molar-refractivity contribution in [1.29, 1.82) is 0 Å². The predicted molar refractivity (Wildman–Crippen MR) is 118 cm³/mol. The molecule has 0 bridgehead atoms. The van der Waals surface area contributed by atoms with Crippen LogP contribution < -0.4 is 5.32 Å². The van der Waals surface area contributed by atoms with Crippen molar-refractivity contribution in [3.05, 3.63) is 11.6 Å². The van der Waals surface area contributed by atoms with Gasteiger partial charge < -0.3 is 10.4 Å². The monoisotopic (exact) mass is 387 g/mol. The molecule has 0 aromatic carbocycles. The number of hydrogen-bond donors (Lipinski definition) is 2. The fourth-order valence-electron chi connectivity index (χ4n) is 8.27. The van der Waals surface area contributed by atoms with E-state index in [9.17, 15) is 5.11 Å². The molecule has 2 heteroatoms. The fraction of sp³-hybridized carbons (Fsp3) is 0.923. The summed E-state index contributed by atoms with van der Waals surface area (Å²) in [5, 5.41) is 13.7. The van der Waals surface area contributed by atoms with E-state index in [0.717, 1.165) is 48.0 Å². The lowest BCUT2D eigenvalue weighted by Gasteiger charge is -2.54. The quantitative estimate of drug-likeness (QED) is 0.571. The van der Waals surface area contributed by atoms with Gasteiger partial charge in [-0.05, 0) is 126 Å². The highest BCUT2D eigenvalue weighted by atomic mass is 16.3. The van der Waals surface area contributed by atoms with Crippen LogP contribution in [0, 0.1) is 40.9 Å². The van der Waals surface area contributed by atoms with Crippen LogP contribution in [0.5, 0.6) is 0 Å². The molecular weight excluding hydrogens is 342 g/mol. The molecule has 0 saturated heterocycles. The highest BCUT2D eigenvalue weighted by Crippen LogP contribution is 2.64. The third kappa shape index (κ3) is 3.73. The van der Waals surface area contributed by atoms with Crippen molar-refractivity contribution in [3.8, 4) is 0 Å². The van der Waals surface area contributed by atoms with Gasteiger partial charge >= 0.3 is 0 Å². The first kappa shape index (κ1) is 20.9. The second kappa shape index (κ2) is 7.73. The molecule has 0 aromatic rings. The van der Waals surface area contributed by atoms with Gasteiger partial charge in [0.15, 0.2) is 0 Å². The van der Waals surface area contributed by atoms with Crippen molar-refractivity contribution in [1.82, 2.24) is 5.32 Å². The minimum atomic E-state index is -0.512. The molecule has 8 unspecified atom stereocenters. The van der Waals surface area contributed by atoms with Crippen molar-refractivity contribution < 1.29 is 5.11 Å². The van der Waals surface area contributed by atoms with Crippen LogP contribution in [0.2, 0.25) is 0 Å². The topological polar surface area (TPSA) is 32.3 Å². The zero-order valence-electron chi connectivity index (χ0n) is 19.1. The van der Waals surface area contributed by atoms with Crippen LogP contribution >= 0.6 is 0 Å². The van der Waals surface area contributed by atoms with Crippen LogP contribution in [0.1, 0.15) is 91.9 Å². The minimum Gasteiger partial charge on any atom is -0.390 e. The zero-order valence-corrected chi connectivity index (χ0v) is 19.1. The molecule has 3 fully saturated rings. The molecule has 0 amide bonds. The SMILES string of the molecule is CNC1CCC2C(=CCC3C2CCC2(C)C(C(C)CCC(C)(C)O)CCC32)C1. The summed E-state index contributed by atoms with van der Waals surface area (Å²) in [6, 6.07) is 0.723. The Morgan fingerprint density at radius 1 is 1.18 bits per heavy atom. The van der Waals surface area contributed by atoms with E-state index in [2.05, 4.69) is 32.3 Å². The van der Waals surface area contributed by atoms with E-state index in [-0.39, 0.29) is 0 Å². The maximum Gasteiger partial charge on any atom is 0.0591 e. The highest BCUT2D eigenvalue weighted by Gasteiger charge is 2.56. The van der Waals surface area contributed by atoms with E-state index in [1.165, 1.54) is 57.8 Å². The molecule has 2 N–H and O–H groups in total. The molecule has 0 heterocycles. The van der Waals surface area contributed by atoms with Crippen LogP contribution in [0.4, 0.5) is 0 Å². The van der Waals surface area contributed by atoms with Gasteiger partial charge in [-0.15, -0.1) is 0 Å². The van der Waals surface area contributed by atoms with E-state index in [1.54, 1.807) is 0 Å². The maximum absolute atomic E-state index is 10.2. The molecule has 4 aliphatic carbocycles. The Balaban J connectivity index is 1.47. The van der Waals surface area contributed by atoms with Gasteiger partial charge in [0.25, 0.3) is 0 Å². The van der Waals surface area contributed by atoms with E-state index in [4.69, 9.17) is 0 Å². The Hall–Kier alpha value is -0.340. The van der Waals surface area contributed by atoms with Gasteiger partial charge in [-0.2, -0.15) is 0 Å². The first-order valence-electron chi connectivity index (χ1n) is 12.3. The average molecular weight is 388 g/mol. The average Bonchev–Trinajstić information content (AvgIpc) is 3.02. The molecule has 4 rings (SSSR count). The molecule has 28 heavy (non-hydrogen) atoms. The van der Waals surface area contributed by atoms with Crippen molar-refractivity contribution in [2.24, 2.45) is 40.9 Å². The Morgan fingerprint density at radius 2 is 1.96 bits per heavy atom. The van der Waals surface area contributed by atoms with Gasteiger partial charge in [-0.1, -0.05) is 25.5 Å². The van der Waals surface area contributed by atoms with Gasteiger partial charge in [0.2, 0.25) is 0 Å². The van der Waals surface area contributed by atoms with Gasteiger partial charge in [-0.3, -0.25) is 0 Å². The number of rotatable bonds is 5. The summed E-state index contributed by atoms with van der Waals surface area (Å²) in [6.45, 7) is 9.08. The Bertz CT molecular complexity index is 590. The summed E-state index contributed by atoms with van der Waals surface area (Å²) in [4.78, 5) is 0. The first-order valence-corrected chi connectivity index (χ1v) is 12.3. The smallest absolute Gasteiger partial charge is 0.0591 e. The molecule has 0 radical (unpaired) electrons. The second-order valence-electron chi connectivity index (χ2n) is 11.9. The van der Waals surface area contributed by atoms with Crippen molar-refractivity contribution in [2.75, 3.05) is 7.05 Å². The Labute approximate surface area is 173 Å². The maximum atomic E-state index is 10.2. The molecule has 4 aliphatic rings. The lowest BCUT2D eigenvalue weighted by atomic mass is 9.51. The van der Waals surface area contributed by atoms with Gasteiger partial charge in [0.1, 0.15) is 0 Å². The van der Waals surface area contributed by atoms with Crippen molar-refractivity contribution in [3.63, 3.8) is 0 Å². The number of aliphatic hydroxyl groups is 1. The largest absolute Gasteiger partial charge is 0.390 e. The zero-order chi connectivity index (χ0) is 20.1. The highest BCUT2D eigenvalue weighted by molar-refractivity contribution is 5.20. The van der Waals surface area contributed by atoms with Crippen LogP contribution in [-0.4, -0.2) is 23.8 Å². The summed E-state index contributed by atoms with van der Waals surface area (Å²) in [6.07, 6.45) is 16.1. The third-order valence-electron chi connectivity index (χ3n) is 9.83. The van der Waals surface area contributed by atoms with Gasteiger partial charge in [0, 0.05) is 6.04 Å². The van der Waals surface area contributed by atoms with Crippen molar-refractivity contribution >= 4 is 0 Å². The van der Waals surface area contributed by atoms with E-state index < -0.39 is 5.60 Å². The van der Waals surface area contributed by atoms with Crippen LogP contribution in [0.25, 0.3) is 0 Å². The molecule has 8 atom stereocenters. The first-order chi connectivity index (χ1) is 13.2. The standard InChI is InChI=1S/C26H45NO/c1-17(12-14-25(2,3)28)23-10-11-24-22-8-6-18-16-19(27-5)7-9-20(18)21(22)13-15-26(23,24)4/h6,17,19-24,27-28H,7-16H2,1-5H3. The van der Waals surface area contributed by atoms with Crippen LogP contribution in [0.15, 0.2) is 11.6 Å². The van der Waals surface area contributed by atoms with E-state index in [0.29, 0.717) is 5.41 Å². The molecular formula is C26H45NO. The minimum absolute atomic E-state index is 0.512. The summed E-state index contributed by atoms with van der Waals surface area (Å²) in [5.74, 6) is 5.39. The lowest BCUT2D eigenvalue weighted by Crippen LogP contribution is -2.47. The summed E-state index contributed by atoms with van der Waals surface area (Å²) in [7, 11) is 2.14. The number of hydrogen-bond acceptors (Lipinski definition) is 2. The molecule has 0 aromatic heterocycles. The molecule has 2 nitrogen and oxygen atoms in total.